The van der Waals surface area contributed by atoms with Crippen LogP contribution in [-0.2, 0) is 9.47 Å². The maximum absolute atomic E-state index is 5.32. The zero-order chi connectivity index (χ0) is 8.55. The van der Waals surface area contributed by atoms with Gasteiger partial charge in [-0.3, -0.25) is 0 Å². The molecule has 2 aliphatic heterocycles. The van der Waals surface area contributed by atoms with E-state index in [1.165, 1.54) is 11.1 Å². The van der Waals surface area contributed by atoms with Crippen molar-refractivity contribution in [2.75, 3.05) is 26.4 Å². The zero-order valence-corrected chi connectivity index (χ0v) is 7.06. The van der Waals surface area contributed by atoms with Crippen LogP contribution in [0.15, 0.2) is 35.5 Å². The minimum atomic E-state index is 0.637. The van der Waals surface area contributed by atoms with Gasteiger partial charge < -0.3 is 9.47 Å². The molecule has 2 heterocycles. The molecule has 2 nitrogen and oxygen atoms in total. The van der Waals surface area contributed by atoms with Gasteiger partial charge in [0.1, 0.15) is 0 Å². The van der Waals surface area contributed by atoms with Crippen LogP contribution in [0.4, 0.5) is 0 Å². The van der Waals surface area contributed by atoms with Crippen LogP contribution in [-0.4, -0.2) is 26.4 Å². The fraction of sp³-hybridized carbons (Fsp3) is 0.400. The van der Waals surface area contributed by atoms with E-state index in [1.54, 1.807) is 0 Å². The van der Waals surface area contributed by atoms with Gasteiger partial charge in [-0.2, -0.15) is 0 Å². The van der Waals surface area contributed by atoms with Gasteiger partial charge in [-0.05, 0) is 22.3 Å². The lowest BCUT2D eigenvalue weighted by atomic mass is 9.92. The van der Waals surface area contributed by atoms with Gasteiger partial charge in [0.2, 0.25) is 0 Å². The molecule has 0 fully saturated rings. The molecular formula is C10H12O2. The lowest BCUT2D eigenvalue weighted by molar-refractivity contribution is 0.122. The summed E-state index contributed by atoms with van der Waals surface area (Å²) in [5, 5.41) is 0. The van der Waals surface area contributed by atoms with Crippen LogP contribution < -0.4 is 0 Å². The Morgan fingerprint density at radius 1 is 0.833 bits per heavy atom. The normalized spacial score (nSPS) is 24.3. The molecule has 0 saturated carbocycles. The third-order valence-electron chi connectivity index (χ3n) is 2.17. The van der Waals surface area contributed by atoms with E-state index in [4.69, 9.17) is 9.47 Å². The molecule has 0 aromatic rings. The Morgan fingerprint density at radius 3 is 1.75 bits per heavy atom. The van der Waals surface area contributed by atoms with Crippen LogP contribution in [0.25, 0.3) is 0 Å². The molecular weight excluding hydrogens is 152 g/mol. The first-order valence-electron chi connectivity index (χ1n) is 4.03. The van der Waals surface area contributed by atoms with Gasteiger partial charge in [-0.1, -0.05) is 13.2 Å². The molecule has 0 saturated heterocycles. The number of hydrogen-bond donors (Lipinski definition) is 0. The SMILES string of the molecule is C=C1COCC2=C1C(=C)COC2. The topological polar surface area (TPSA) is 18.5 Å². The van der Waals surface area contributed by atoms with Gasteiger partial charge in [-0.25, -0.2) is 0 Å². The Bertz CT molecular complexity index is 248. The second-order valence-corrected chi connectivity index (χ2v) is 3.17. The summed E-state index contributed by atoms with van der Waals surface area (Å²) >= 11 is 0. The highest BCUT2D eigenvalue weighted by Gasteiger charge is 2.22. The summed E-state index contributed by atoms with van der Waals surface area (Å²) in [6.07, 6.45) is 0. The van der Waals surface area contributed by atoms with Crippen molar-refractivity contribution in [1.82, 2.24) is 0 Å². The van der Waals surface area contributed by atoms with E-state index in [0.717, 1.165) is 11.1 Å². The summed E-state index contributed by atoms with van der Waals surface area (Å²) in [5.41, 5.74) is 4.50. The standard InChI is InChI=1S/C10H12O2/c1-7-3-11-5-9-6-12-4-8(2)10(7)9/h1-6H2. The molecule has 0 atom stereocenters. The Morgan fingerprint density at radius 2 is 1.33 bits per heavy atom. The molecule has 2 aliphatic rings. The summed E-state index contributed by atoms with van der Waals surface area (Å²) in [6.45, 7) is 10.5. The Balaban J connectivity index is 2.40. The molecule has 2 rings (SSSR count). The van der Waals surface area contributed by atoms with E-state index >= 15 is 0 Å². The van der Waals surface area contributed by atoms with Crippen molar-refractivity contribution in [2.24, 2.45) is 0 Å². The van der Waals surface area contributed by atoms with E-state index in [0.29, 0.717) is 26.4 Å². The van der Waals surface area contributed by atoms with E-state index in [-0.39, 0.29) is 0 Å². The van der Waals surface area contributed by atoms with Crippen LogP contribution in [0, 0.1) is 0 Å². The summed E-state index contributed by atoms with van der Waals surface area (Å²) in [6, 6.07) is 0. The Kier molecular flexibility index (Phi) is 1.87. The van der Waals surface area contributed by atoms with Crippen LogP contribution in [0.3, 0.4) is 0 Å². The van der Waals surface area contributed by atoms with E-state index in [2.05, 4.69) is 13.2 Å². The largest absolute Gasteiger partial charge is 0.372 e. The molecule has 0 unspecified atom stereocenters. The average molecular weight is 164 g/mol. The minimum absolute atomic E-state index is 0.637. The Labute approximate surface area is 72.2 Å². The van der Waals surface area contributed by atoms with Crippen LogP contribution >= 0.6 is 0 Å². The summed E-state index contributed by atoms with van der Waals surface area (Å²) in [5.74, 6) is 0. The van der Waals surface area contributed by atoms with Crippen molar-refractivity contribution in [3.05, 3.63) is 35.5 Å². The summed E-state index contributed by atoms with van der Waals surface area (Å²) in [7, 11) is 0. The van der Waals surface area contributed by atoms with Crippen molar-refractivity contribution < 1.29 is 9.47 Å². The summed E-state index contributed by atoms with van der Waals surface area (Å²) < 4.78 is 10.6. The molecule has 0 spiro atoms. The molecule has 2 heteroatoms. The molecule has 0 aromatic heterocycles. The van der Waals surface area contributed by atoms with Crippen molar-refractivity contribution in [3.8, 4) is 0 Å². The van der Waals surface area contributed by atoms with Crippen LogP contribution in [0.5, 0.6) is 0 Å². The van der Waals surface area contributed by atoms with Gasteiger partial charge in [0.15, 0.2) is 0 Å². The average Bonchev–Trinajstić information content (AvgIpc) is 2.04. The molecule has 0 amide bonds. The third kappa shape index (κ3) is 1.13. The first kappa shape index (κ1) is 7.77. The molecule has 0 aliphatic carbocycles. The number of hydrogen-bond acceptors (Lipinski definition) is 2. The molecule has 0 bridgehead atoms. The minimum Gasteiger partial charge on any atom is -0.372 e. The monoisotopic (exact) mass is 164 g/mol. The van der Waals surface area contributed by atoms with Gasteiger partial charge >= 0.3 is 0 Å². The smallest absolute Gasteiger partial charge is 0.0721 e. The highest BCUT2D eigenvalue weighted by Crippen LogP contribution is 2.29. The lowest BCUT2D eigenvalue weighted by Crippen LogP contribution is -2.23. The first-order valence-corrected chi connectivity index (χ1v) is 4.03. The molecule has 12 heavy (non-hydrogen) atoms. The van der Waals surface area contributed by atoms with Crippen LogP contribution in [0.1, 0.15) is 0 Å². The van der Waals surface area contributed by atoms with Gasteiger partial charge in [0.05, 0.1) is 26.4 Å². The van der Waals surface area contributed by atoms with E-state index in [1.807, 2.05) is 0 Å². The maximum Gasteiger partial charge on any atom is 0.0721 e. The predicted octanol–water partition coefficient (Wildman–Crippen LogP) is 1.46. The van der Waals surface area contributed by atoms with Crippen molar-refractivity contribution >= 4 is 0 Å². The first-order chi connectivity index (χ1) is 5.79. The van der Waals surface area contributed by atoms with E-state index in [9.17, 15) is 0 Å². The highest BCUT2D eigenvalue weighted by atomic mass is 16.5. The molecule has 0 radical (unpaired) electrons. The lowest BCUT2D eigenvalue weighted by Gasteiger charge is -2.28. The predicted molar refractivity (Wildman–Crippen MR) is 46.9 cm³/mol. The highest BCUT2D eigenvalue weighted by molar-refractivity contribution is 5.51. The summed E-state index contributed by atoms with van der Waals surface area (Å²) in [4.78, 5) is 0. The second kappa shape index (κ2) is 2.88. The molecule has 0 aromatic carbocycles. The van der Waals surface area contributed by atoms with Gasteiger partial charge in [0.25, 0.3) is 0 Å². The number of ether oxygens (including phenoxy) is 2. The Hall–Kier alpha value is -0.860. The van der Waals surface area contributed by atoms with Crippen molar-refractivity contribution in [1.29, 1.82) is 0 Å². The van der Waals surface area contributed by atoms with Crippen molar-refractivity contribution in [3.63, 3.8) is 0 Å². The maximum atomic E-state index is 5.32. The van der Waals surface area contributed by atoms with Crippen LogP contribution in [0.2, 0.25) is 0 Å². The fourth-order valence-corrected chi connectivity index (χ4v) is 1.68. The zero-order valence-electron chi connectivity index (χ0n) is 7.06. The molecule has 64 valence electrons. The fourth-order valence-electron chi connectivity index (χ4n) is 1.68. The third-order valence-corrected chi connectivity index (χ3v) is 2.17. The molecule has 0 N–H and O–H groups in total. The van der Waals surface area contributed by atoms with E-state index < -0.39 is 0 Å². The number of rotatable bonds is 0. The van der Waals surface area contributed by atoms with Gasteiger partial charge in [0, 0.05) is 0 Å². The second-order valence-electron chi connectivity index (χ2n) is 3.17. The van der Waals surface area contributed by atoms with Crippen molar-refractivity contribution in [2.45, 2.75) is 0 Å². The van der Waals surface area contributed by atoms with Gasteiger partial charge in [-0.15, -0.1) is 0 Å². The quantitative estimate of drug-likeness (QED) is 0.539.